The molecule has 14 nitrogen and oxygen atoms in total. The summed E-state index contributed by atoms with van der Waals surface area (Å²) < 4.78 is 0. The molecule has 16 aromatic rings. The van der Waals surface area contributed by atoms with Crippen LogP contribution in [0.2, 0.25) is 0 Å². The predicted octanol–water partition coefficient (Wildman–Crippen LogP) is 20.8. The highest BCUT2D eigenvalue weighted by molar-refractivity contribution is 5.70. The molecular weight excluding hydrogens is 1280 g/mol. The molecule has 0 unspecified atom stereocenters. The second-order valence-corrected chi connectivity index (χ2v) is 23.4. The Kier molecular flexibility index (Phi) is 29.6. The van der Waals surface area contributed by atoms with Gasteiger partial charge in [0.1, 0.15) is 0 Å². The Labute approximate surface area is 610 Å². The van der Waals surface area contributed by atoms with Crippen LogP contribution in [0.25, 0.3) is 89.3 Å². The van der Waals surface area contributed by atoms with Crippen LogP contribution in [0.3, 0.4) is 0 Å². The molecule has 14 aromatic heterocycles. The van der Waals surface area contributed by atoms with Gasteiger partial charge in [0.2, 0.25) is 0 Å². The molecule has 14 heteroatoms. The van der Waals surface area contributed by atoms with Crippen LogP contribution in [-0.4, -0.2) is 69.8 Å². The second kappa shape index (κ2) is 41.2. The summed E-state index contributed by atoms with van der Waals surface area (Å²) in [6, 6.07) is 72.5. The van der Waals surface area contributed by atoms with Gasteiger partial charge in [-0.15, -0.1) is 0 Å². The molecule has 0 radical (unpaired) electrons. The van der Waals surface area contributed by atoms with Crippen molar-refractivity contribution in [1.29, 1.82) is 0 Å². The molecule has 0 N–H and O–H groups in total. The van der Waals surface area contributed by atoms with Crippen LogP contribution in [-0.2, 0) is 0 Å². The molecule has 0 fully saturated rings. The van der Waals surface area contributed by atoms with Gasteiger partial charge in [-0.3, -0.25) is 69.8 Å². The normalized spacial score (nSPS) is 9.92. The maximum Gasteiger partial charge on any atom is 0.0720 e. The maximum atomic E-state index is 4.28. The van der Waals surface area contributed by atoms with Crippen molar-refractivity contribution in [1.82, 2.24) is 69.8 Å². The highest BCUT2D eigenvalue weighted by Gasteiger charge is 2.07. The van der Waals surface area contributed by atoms with Crippen molar-refractivity contribution in [2.75, 3.05) is 0 Å². The van der Waals surface area contributed by atoms with Gasteiger partial charge in [0.15, 0.2) is 0 Å². The van der Waals surface area contributed by atoms with Gasteiger partial charge in [0, 0.05) is 198 Å². The fourth-order valence-electron chi connectivity index (χ4n) is 10.7. The van der Waals surface area contributed by atoms with E-state index in [2.05, 4.69) is 151 Å². The van der Waals surface area contributed by atoms with E-state index < -0.39 is 0 Å². The van der Waals surface area contributed by atoms with Crippen LogP contribution in [0.5, 0.6) is 0 Å². The summed E-state index contributed by atoms with van der Waals surface area (Å²) in [4.78, 5) is 57.8. The lowest BCUT2D eigenvalue weighted by Gasteiger charge is -2.03. The van der Waals surface area contributed by atoms with Crippen LogP contribution in [0, 0.1) is 55.4 Å². The minimum absolute atomic E-state index is 0.980. The van der Waals surface area contributed by atoms with E-state index in [9.17, 15) is 0 Å². The van der Waals surface area contributed by atoms with E-state index in [1.54, 1.807) is 80.6 Å². The van der Waals surface area contributed by atoms with Gasteiger partial charge < -0.3 is 0 Å². The van der Waals surface area contributed by atoms with Crippen LogP contribution < -0.4 is 0 Å². The molecule has 16 rings (SSSR count). The van der Waals surface area contributed by atoms with Gasteiger partial charge >= 0.3 is 0 Å². The standard InChI is InChI=1S/2C12H11N.6C11H10N2/c1-10-12(8-5-9-13-10)11-6-3-2-4-7-11;1-10-9-13-8-7-12(10)11-5-3-2-4-6-11;1-9-8-13-7-4-11(9)10-2-5-12-6-3-10;1-9-11(5-3-7-13-9)10-4-2-6-12-8-10;1-9-11(3-2-6-13-9)10-4-7-12-8-5-10;1-9-10(5-4-8-12-9)11-6-2-3-7-13-11;1-9-7-13-6-4-11(9)10-3-2-5-12-8-10;1-9-8-12-7-5-10(9)11-4-2-3-6-13-11/h2*2-9H,1H3;6*2-8H,1H3. The second-order valence-electron chi connectivity index (χ2n) is 23.4. The Morgan fingerprint density at radius 3 is 0.760 bits per heavy atom. The summed E-state index contributed by atoms with van der Waals surface area (Å²) >= 11 is 0. The molecule has 0 aliphatic carbocycles. The van der Waals surface area contributed by atoms with Crippen molar-refractivity contribution in [3.8, 4) is 89.3 Å². The summed E-state index contributed by atoms with van der Waals surface area (Å²) in [6.07, 6.45) is 40.0. The fourth-order valence-corrected chi connectivity index (χ4v) is 10.7. The lowest BCUT2D eigenvalue weighted by atomic mass is 10.0. The zero-order valence-corrected chi connectivity index (χ0v) is 59.7. The number of nitrogens with zero attached hydrogens (tertiary/aromatic N) is 14. The van der Waals surface area contributed by atoms with E-state index in [1.807, 2.05) is 248 Å². The SMILES string of the molecule is Cc1cnccc1-c1ccccc1.Cc1cnccc1-c1ccccn1.Cc1cnccc1-c1cccnc1.Cc1cnccc1-c1ccncc1.Cc1ncccc1-c1ccccc1.Cc1ncccc1-c1ccccn1.Cc1ncccc1-c1cccnc1.Cc1ncccc1-c1ccncc1. The molecule has 0 spiro atoms. The van der Waals surface area contributed by atoms with E-state index >= 15 is 0 Å². The molecule has 0 bridgehead atoms. The number of hydrogen-bond acceptors (Lipinski definition) is 14. The minimum Gasteiger partial charge on any atom is -0.265 e. The summed E-state index contributed by atoms with van der Waals surface area (Å²) in [7, 11) is 0. The zero-order chi connectivity index (χ0) is 72.8. The topological polar surface area (TPSA) is 180 Å². The Balaban J connectivity index is 0.000000138. The number of rotatable bonds is 8. The van der Waals surface area contributed by atoms with Gasteiger partial charge in [0.25, 0.3) is 0 Å². The van der Waals surface area contributed by atoms with E-state index in [0.29, 0.717) is 0 Å². The van der Waals surface area contributed by atoms with E-state index in [0.717, 1.165) is 67.5 Å². The molecule has 0 aliphatic rings. The number of aryl methyl sites for hydroxylation is 8. The highest BCUT2D eigenvalue weighted by atomic mass is 14.7. The molecule has 0 amide bonds. The quantitative estimate of drug-likeness (QED) is 0.140. The summed E-state index contributed by atoms with van der Waals surface area (Å²) in [5.41, 5.74) is 27.5. The Morgan fingerprint density at radius 2 is 0.413 bits per heavy atom. The van der Waals surface area contributed by atoms with Gasteiger partial charge in [-0.25, -0.2) is 0 Å². The van der Waals surface area contributed by atoms with Crippen molar-refractivity contribution in [3.05, 3.63) is 400 Å². The average Bonchev–Trinajstić information content (AvgIpc) is 1.11. The number of hydrogen-bond donors (Lipinski definition) is 0. The number of benzene rings is 2. The molecule has 512 valence electrons. The summed E-state index contributed by atoms with van der Waals surface area (Å²) in [5, 5.41) is 0. The first kappa shape index (κ1) is 74.8. The lowest BCUT2D eigenvalue weighted by molar-refractivity contribution is 1.19. The van der Waals surface area contributed by atoms with E-state index in [-0.39, 0.29) is 0 Å². The fraction of sp³-hybridized carbons (Fsp3) is 0.0889. The first-order valence-electron chi connectivity index (χ1n) is 33.9. The predicted molar refractivity (Wildman–Crippen MR) is 422 cm³/mol. The number of aromatic nitrogens is 14. The highest BCUT2D eigenvalue weighted by Crippen LogP contribution is 2.27. The smallest absolute Gasteiger partial charge is 0.0720 e. The van der Waals surface area contributed by atoms with Gasteiger partial charge in [-0.05, 0) is 232 Å². The molecule has 104 heavy (non-hydrogen) atoms. The van der Waals surface area contributed by atoms with Crippen molar-refractivity contribution >= 4 is 0 Å². The van der Waals surface area contributed by atoms with E-state index in [1.165, 1.54) is 66.8 Å². The van der Waals surface area contributed by atoms with Gasteiger partial charge in [0.05, 0.1) is 11.4 Å². The average molecular weight is 1360 g/mol. The van der Waals surface area contributed by atoms with E-state index in [4.69, 9.17) is 0 Å². The molecule has 0 aliphatic heterocycles. The van der Waals surface area contributed by atoms with Crippen molar-refractivity contribution < 1.29 is 0 Å². The maximum absolute atomic E-state index is 4.28. The number of pyridine rings is 14. The third kappa shape index (κ3) is 23.3. The van der Waals surface area contributed by atoms with Crippen LogP contribution in [0.4, 0.5) is 0 Å². The first-order chi connectivity index (χ1) is 51.0. The lowest BCUT2D eigenvalue weighted by Crippen LogP contribution is -1.87. The van der Waals surface area contributed by atoms with Crippen LogP contribution in [0.1, 0.15) is 45.0 Å². The molecule has 14 heterocycles. The minimum atomic E-state index is 0.980. The monoisotopic (exact) mass is 1360 g/mol. The summed E-state index contributed by atoms with van der Waals surface area (Å²) in [6.45, 7) is 16.3. The largest absolute Gasteiger partial charge is 0.265 e. The molecule has 2 aromatic carbocycles. The Morgan fingerprint density at radius 1 is 0.154 bits per heavy atom. The van der Waals surface area contributed by atoms with Gasteiger partial charge in [-0.1, -0.05) is 103 Å². The van der Waals surface area contributed by atoms with Crippen molar-refractivity contribution in [2.45, 2.75) is 55.4 Å². The Bertz CT molecular complexity index is 4130. The zero-order valence-electron chi connectivity index (χ0n) is 59.7. The third-order valence-corrected chi connectivity index (χ3v) is 16.1. The summed E-state index contributed by atoms with van der Waals surface area (Å²) in [5.74, 6) is 0. The Hall–Kier alpha value is -13.5. The van der Waals surface area contributed by atoms with Crippen molar-refractivity contribution in [2.24, 2.45) is 0 Å². The molecule has 0 saturated heterocycles. The van der Waals surface area contributed by atoms with Crippen LogP contribution >= 0.6 is 0 Å². The molecular formula is C90H82N14. The van der Waals surface area contributed by atoms with Crippen LogP contribution in [0.15, 0.2) is 355 Å². The molecule has 0 atom stereocenters. The molecule has 0 saturated carbocycles. The first-order valence-corrected chi connectivity index (χ1v) is 33.9. The third-order valence-electron chi connectivity index (χ3n) is 16.1. The van der Waals surface area contributed by atoms with Gasteiger partial charge in [-0.2, -0.15) is 0 Å². The van der Waals surface area contributed by atoms with Crippen molar-refractivity contribution in [3.63, 3.8) is 0 Å².